The molecule has 104 valence electrons. The Balaban J connectivity index is 1.93. The number of nitrogens with two attached hydrogens (primary N) is 1. The van der Waals surface area contributed by atoms with Gasteiger partial charge in [-0.2, -0.15) is 0 Å². The highest BCUT2D eigenvalue weighted by Crippen LogP contribution is 2.48. The highest BCUT2D eigenvalue weighted by Gasteiger charge is 2.41. The molecule has 0 bridgehead atoms. The van der Waals surface area contributed by atoms with Crippen LogP contribution in [0.2, 0.25) is 0 Å². The minimum Gasteiger partial charge on any atom is -0.389 e. The van der Waals surface area contributed by atoms with Crippen LogP contribution in [0.4, 0.5) is 5.69 Å². The van der Waals surface area contributed by atoms with Crippen molar-refractivity contribution in [1.29, 1.82) is 0 Å². The molecule has 0 radical (unpaired) electrons. The summed E-state index contributed by atoms with van der Waals surface area (Å²) in [6, 6.07) is 6.00. The molecule has 3 nitrogen and oxygen atoms in total. The average molecular weight is 343 g/mol. The molecule has 0 heterocycles. The van der Waals surface area contributed by atoms with Crippen LogP contribution in [0.3, 0.4) is 0 Å². The van der Waals surface area contributed by atoms with Crippen molar-refractivity contribution in [2.45, 2.75) is 19.3 Å². The van der Waals surface area contributed by atoms with E-state index in [1.54, 1.807) is 7.11 Å². The molecule has 1 aromatic rings. The van der Waals surface area contributed by atoms with Crippen LogP contribution in [0, 0.1) is 5.41 Å². The summed E-state index contributed by atoms with van der Waals surface area (Å²) in [5.74, 6) is 0. The zero-order valence-electron chi connectivity index (χ0n) is 11.0. The van der Waals surface area contributed by atoms with E-state index in [0.717, 1.165) is 35.3 Å². The predicted octanol–water partition coefficient (Wildman–Crippen LogP) is 3.31. The van der Waals surface area contributed by atoms with Gasteiger partial charge in [-0.25, -0.2) is 0 Å². The number of halogens is 1. The van der Waals surface area contributed by atoms with Crippen molar-refractivity contribution in [3.05, 3.63) is 28.2 Å². The molecule has 1 aliphatic carbocycles. The lowest BCUT2D eigenvalue weighted by molar-refractivity contribution is 0.175. The van der Waals surface area contributed by atoms with Crippen LogP contribution in [0.25, 0.3) is 0 Å². The molecule has 0 aliphatic heterocycles. The highest BCUT2D eigenvalue weighted by atomic mass is 79.9. The van der Waals surface area contributed by atoms with Crippen LogP contribution < -0.4 is 11.1 Å². The molecule has 1 fully saturated rings. The van der Waals surface area contributed by atoms with Crippen molar-refractivity contribution in [3.63, 3.8) is 0 Å². The van der Waals surface area contributed by atoms with Crippen molar-refractivity contribution in [1.82, 2.24) is 0 Å². The van der Waals surface area contributed by atoms with Gasteiger partial charge >= 0.3 is 0 Å². The smallest absolute Gasteiger partial charge is 0.105 e. The summed E-state index contributed by atoms with van der Waals surface area (Å²) >= 11 is 8.49. The van der Waals surface area contributed by atoms with Crippen molar-refractivity contribution in [2.24, 2.45) is 11.1 Å². The number of hydrogen-bond donors (Lipinski definition) is 2. The first-order valence-corrected chi connectivity index (χ1v) is 7.59. The largest absolute Gasteiger partial charge is 0.389 e. The molecular weight excluding hydrogens is 324 g/mol. The fraction of sp³-hybridized carbons (Fsp3) is 0.500. The maximum Gasteiger partial charge on any atom is 0.105 e. The third-order valence-corrected chi connectivity index (χ3v) is 4.57. The SMILES string of the molecule is COCCC1(CNc2ccc(C(N)=S)c(Br)c2)CC1. The van der Waals surface area contributed by atoms with Crippen LogP contribution in [-0.2, 0) is 4.74 Å². The number of ether oxygens (including phenoxy) is 1. The molecule has 1 saturated carbocycles. The van der Waals surface area contributed by atoms with E-state index in [0.29, 0.717) is 10.4 Å². The minimum absolute atomic E-state index is 0.414. The Kier molecular flexibility index (Phi) is 4.81. The summed E-state index contributed by atoms with van der Waals surface area (Å²) in [7, 11) is 1.76. The number of anilines is 1. The van der Waals surface area contributed by atoms with Gasteiger partial charge < -0.3 is 15.8 Å². The second kappa shape index (κ2) is 6.20. The molecule has 0 aromatic heterocycles. The van der Waals surface area contributed by atoms with Crippen molar-refractivity contribution >= 4 is 38.8 Å². The second-order valence-electron chi connectivity index (χ2n) is 5.16. The summed E-state index contributed by atoms with van der Waals surface area (Å²) in [6.45, 7) is 1.83. The Morgan fingerprint density at radius 2 is 2.26 bits per heavy atom. The minimum atomic E-state index is 0.414. The average Bonchev–Trinajstić information content (AvgIpc) is 3.14. The number of methoxy groups -OCH3 is 1. The molecule has 0 unspecified atom stereocenters. The van der Waals surface area contributed by atoms with E-state index < -0.39 is 0 Å². The quantitative estimate of drug-likeness (QED) is 0.746. The van der Waals surface area contributed by atoms with Gasteiger partial charge in [0, 0.05) is 36.0 Å². The van der Waals surface area contributed by atoms with Gasteiger partial charge in [-0.15, -0.1) is 0 Å². The number of thiocarbonyl (C=S) groups is 1. The van der Waals surface area contributed by atoms with Gasteiger partial charge in [0.1, 0.15) is 4.99 Å². The Morgan fingerprint density at radius 1 is 1.53 bits per heavy atom. The first kappa shape index (κ1) is 14.8. The molecule has 1 aromatic carbocycles. The molecule has 0 saturated heterocycles. The van der Waals surface area contributed by atoms with Crippen molar-refractivity contribution < 1.29 is 4.74 Å². The van der Waals surface area contributed by atoms with E-state index in [9.17, 15) is 0 Å². The van der Waals surface area contributed by atoms with Gasteiger partial charge in [-0.3, -0.25) is 0 Å². The lowest BCUT2D eigenvalue weighted by Gasteiger charge is -2.17. The maximum absolute atomic E-state index is 5.64. The number of nitrogens with one attached hydrogen (secondary N) is 1. The fourth-order valence-electron chi connectivity index (χ4n) is 2.12. The van der Waals surface area contributed by atoms with Gasteiger partial charge in [0.15, 0.2) is 0 Å². The standard InChI is InChI=1S/C14H19BrN2OS/c1-18-7-6-14(4-5-14)9-17-10-2-3-11(13(16)19)12(15)8-10/h2-3,8,17H,4-7,9H2,1H3,(H2,16,19). The monoisotopic (exact) mass is 342 g/mol. The van der Waals surface area contributed by atoms with Crippen molar-refractivity contribution in [3.8, 4) is 0 Å². The maximum atomic E-state index is 5.64. The van der Waals surface area contributed by atoms with E-state index in [1.165, 1.54) is 12.8 Å². The van der Waals surface area contributed by atoms with E-state index in [-0.39, 0.29) is 0 Å². The zero-order chi connectivity index (χ0) is 13.9. The van der Waals surface area contributed by atoms with Crippen LogP contribution in [0.1, 0.15) is 24.8 Å². The number of rotatable bonds is 7. The summed E-state index contributed by atoms with van der Waals surface area (Å²) in [6.07, 6.45) is 3.70. The predicted molar refractivity (Wildman–Crippen MR) is 86.7 cm³/mol. The highest BCUT2D eigenvalue weighted by molar-refractivity contribution is 9.10. The molecule has 5 heteroatoms. The Morgan fingerprint density at radius 3 is 2.79 bits per heavy atom. The zero-order valence-corrected chi connectivity index (χ0v) is 13.4. The van der Waals surface area contributed by atoms with Crippen molar-refractivity contribution in [2.75, 3.05) is 25.6 Å². The molecule has 1 aliphatic rings. The van der Waals surface area contributed by atoms with Gasteiger partial charge in [0.05, 0.1) is 0 Å². The Bertz CT molecular complexity index is 475. The summed E-state index contributed by atoms with van der Waals surface area (Å²) < 4.78 is 6.10. The van der Waals surface area contributed by atoms with Crippen LogP contribution >= 0.6 is 28.1 Å². The van der Waals surface area contributed by atoms with E-state index in [1.807, 2.05) is 18.2 Å². The molecule has 2 rings (SSSR count). The van der Waals surface area contributed by atoms with Gasteiger partial charge in [0.2, 0.25) is 0 Å². The molecule has 0 spiro atoms. The topological polar surface area (TPSA) is 47.3 Å². The summed E-state index contributed by atoms with van der Waals surface area (Å²) in [5, 5.41) is 3.49. The fourth-order valence-corrected chi connectivity index (χ4v) is 3.03. The van der Waals surface area contributed by atoms with Gasteiger partial charge in [-0.05, 0) is 58.8 Å². The van der Waals surface area contributed by atoms with Crippen LogP contribution in [0.15, 0.2) is 22.7 Å². The van der Waals surface area contributed by atoms with Gasteiger partial charge in [0.25, 0.3) is 0 Å². The lowest BCUT2D eigenvalue weighted by Crippen LogP contribution is -2.17. The molecule has 19 heavy (non-hydrogen) atoms. The van der Waals surface area contributed by atoms with E-state index >= 15 is 0 Å². The molecule has 0 atom stereocenters. The van der Waals surface area contributed by atoms with E-state index in [4.69, 9.17) is 22.7 Å². The second-order valence-corrected chi connectivity index (χ2v) is 6.45. The third-order valence-electron chi connectivity index (χ3n) is 3.70. The first-order chi connectivity index (χ1) is 9.06. The normalized spacial score (nSPS) is 16.1. The third kappa shape index (κ3) is 3.91. The molecule has 0 amide bonds. The number of hydrogen-bond acceptors (Lipinski definition) is 3. The summed E-state index contributed by atoms with van der Waals surface area (Å²) in [5.41, 5.74) is 8.04. The Hall–Kier alpha value is -0.650. The van der Waals surface area contributed by atoms with Crippen LogP contribution in [-0.4, -0.2) is 25.2 Å². The number of benzene rings is 1. The Labute approximate surface area is 128 Å². The first-order valence-electron chi connectivity index (χ1n) is 6.38. The lowest BCUT2D eigenvalue weighted by atomic mass is 10.0. The van der Waals surface area contributed by atoms with Crippen LogP contribution in [0.5, 0.6) is 0 Å². The van der Waals surface area contributed by atoms with Gasteiger partial charge in [-0.1, -0.05) is 12.2 Å². The summed E-state index contributed by atoms with van der Waals surface area (Å²) in [4.78, 5) is 0.414. The molecule has 3 N–H and O–H groups in total. The van der Waals surface area contributed by atoms with E-state index in [2.05, 4.69) is 21.2 Å². The molecular formula is C14H19BrN2OS.